The molecule has 0 radical (unpaired) electrons. The number of carboxylic acids is 1. The van der Waals surface area contributed by atoms with E-state index in [4.69, 9.17) is 46.4 Å². The van der Waals surface area contributed by atoms with E-state index in [0.717, 1.165) is 0 Å². The average Bonchev–Trinajstić information content (AvgIpc) is 2.07. The molecule has 70 valence electrons. The summed E-state index contributed by atoms with van der Waals surface area (Å²) in [7, 11) is 0. The van der Waals surface area contributed by atoms with Gasteiger partial charge in [-0.25, -0.2) is 4.98 Å². The molecule has 0 saturated carbocycles. The van der Waals surface area contributed by atoms with Gasteiger partial charge in [0.25, 0.3) is 0 Å². The summed E-state index contributed by atoms with van der Waals surface area (Å²) in [5.74, 6) is -1.56. The third-order valence-electron chi connectivity index (χ3n) is 1.18. The van der Waals surface area contributed by atoms with Crippen LogP contribution in [0.15, 0.2) is 0 Å². The molecule has 0 spiro atoms. The maximum absolute atomic E-state index is 10.4. The van der Waals surface area contributed by atoms with Gasteiger partial charge in [-0.2, -0.15) is 0 Å². The Kier molecular flexibility index (Phi) is 6.86. The Morgan fingerprint density at radius 1 is 1.07 bits per heavy atom. The molecule has 1 rings (SSSR count). The predicted octanol–water partition coefficient (Wildman–Crippen LogP) is -0.937. The van der Waals surface area contributed by atoms with E-state index in [2.05, 4.69) is 4.98 Å². The fraction of sp³-hybridized carbons (Fsp3) is 0. The average molecular weight is 299 g/mol. The Labute approximate surface area is 142 Å². The maximum atomic E-state index is 10.4. The molecule has 8 heteroatoms. The van der Waals surface area contributed by atoms with Crippen LogP contribution in [0, 0.1) is 0 Å². The summed E-state index contributed by atoms with van der Waals surface area (Å²) in [6.45, 7) is 0. The second-order valence-corrected chi connectivity index (χ2v) is 3.47. The molecule has 14 heavy (non-hydrogen) atoms. The van der Waals surface area contributed by atoms with Crippen molar-refractivity contribution in [2.45, 2.75) is 0 Å². The van der Waals surface area contributed by atoms with Crippen LogP contribution in [0.2, 0.25) is 20.2 Å². The topological polar surface area (TPSA) is 53.0 Å². The zero-order valence-electron chi connectivity index (χ0n) is 6.78. The van der Waals surface area contributed by atoms with Crippen molar-refractivity contribution >= 4 is 52.4 Å². The van der Waals surface area contributed by atoms with E-state index >= 15 is 0 Å². The summed E-state index contributed by atoms with van der Waals surface area (Å²) in [6, 6.07) is 0. The molecule has 1 heterocycles. The molecule has 0 aliphatic heterocycles. The minimum absolute atomic E-state index is 0. The first kappa shape index (κ1) is 15.4. The Morgan fingerprint density at radius 2 is 1.57 bits per heavy atom. The van der Waals surface area contributed by atoms with Crippen LogP contribution in [0.5, 0.6) is 0 Å². The maximum Gasteiger partial charge on any atom is 1.00 e. The summed E-state index contributed by atoms with van der Waals surface area (Å²) in [4.78, 5) is 13.8. The van der Waals surface area contributed by atoms with Crippen molar-refractivity contribution in [3.05, 3.63) is 25.9 Å². The summed E-state index contributed by atoms with van der Waals surface area (Å²) in [6.07, 6.45) is 0. The molecule has 0 unspecified atom stereocenters. The molecule has 3 nitrogen and oxygen atoms in total. The van der Waals surface area contributed by atoms with Crippen LogP contribution in [0.3, 0.4) is 0 Å². The van der Waals surface area contributed by atoms with Crippen LogP contribution >= 0.6 is 46.4 Å². The zero-order valence-corrected chi connectivity index (χ0v) is 12.9. The number of carbonyl (C=O) groups is 1. The Bertz CT molecular complexity index is 385. The van der Waals surface area contributed by atoms with E-state index in [1.165, 1.54) is 0 Å². The fourth-order valence-electron chi connectivity index (χ4n) is 0.622. The Morgan fingerprint density at radius 3 is 2.00 bits per heavy atom. The molecule has 0 fully saturated rings. The SMILES string of the molecule is O=C([O-])c1nc(Cl)c(Cl)c(Cl)c1Cl.[K+]. The number of rotatable bonds is 1. The number of aromatic nitrogens is 1. The smallest absolute Gasteiger partial charge is 0.543 e. The molecule has 0 aliphatic rings. The number of hydrogen-bond acceptors (Lipinski definition) is 3. The molecule has 0 atom stereocenters. The van der Waals surface area contributed by atoms with Crippen molar-refractivity contribution in [2.75, 3.05) is 0 Å². The quantitative estimate of drug-likeness (QED) is 0.497. The molecule has 0 aromatic carbocycles. The van der Waals surface area contributed by atoms with Crippen LogP contribution in [0.4, 0.5) is 0 Å². The van der Waals surface area contributed by atoms with Gasteiger partial charge in [-0.3, -0.25) is 0 Å². The number of carboxylic acid groups (broad SMARTS) is 1. The van der Waals surface area contributed by atoms with E-state index < -0.39 is 11.7 Å². The second-order valence-electron chi connectivity index (χ2n) is 1.98. The fourth-order valence-corrected chi connectivity index (χ4v) is 1.43. The zero-order chi connectivity index (χ0) is 10.2. The molecule has 0 N–H and O–H groups in total. The third-order valence-corrected chi connectivity index (χ3v) is 2.86. The summed E-state index contributed by atoms with van der Waals surface area (Å²) < 4.78 is 0. The molecule has 0 amide bonds. The van der Waals surface area contributed by atoms with Crippen molar-refractivity contribution < 1.29 is 61.3 Å². The first-order valence-corrected chi connectivity index (χ1v) is 4.37. The van der Waals surface area contributed by atoms with Gasteiger partial charge in [-0.1, -0.05) is 46.4 Å². The summed E-state index contributed by atoms with van der Waals surface area (Å²) >= 11 is 22.1. The van der Waals surface area contributed by atoms with E-state index in [-0.39, 0.29) is 71.6 Å². The van der Waals surface area contributed by atoms with Crippen LogP contribution in [-0.4, -0.2) is 11.0 Å². The van der Waals surface area contributed by atoms with Gasteiger partial charge in [0, 0.05) is 0 Å². The van der Waals surface area contributed by atoms with Gasteiger partial charge in [0.15, 0.2) is 0 Å². The van der Waals surface area contributed by atoms with Gasteiger partial charge in [0.1, 0.15) is 10.8 Å². The van der Waals surface area contributed by atoms with Crippen LogP contribution in [0.25, 0.3) is 0 Å². The summed E-state index contributed by atoms with van der Waals surface area (Å²) in [5, 5.41) is 9.68. The standard InChI is InChI=1S/C6HCl4NO2.K/c7-1-2(8)4(6(12)13)11-5(10)3(1)9;/h(H,12,13);/q;+1/p-1. The minimum Gasteiger partial charge on any atom is -0.543 e. The first-order chi connectivity index (χ1) is 5.95. The van der Waals surface area contributed by atoms with E-state index in [1.54, 1.807) is 0 Å². The van der Waals surface area contributed by atoms with E-state index in [9.17, 15) is 9.90 Å². The number of pyridine rings is 1. The molecular formula is C6Cl4KNO2. The Balaban J connectivity index is 0.00000169. The molecule has 0 aliphatic carbocycles. The number of halogens is 4. The van der Waals surface area contributed by atoms with Crippen molar-refractivity contribution in [1.82, 2.24) is 4.98 Å². The van der Waals surface area contributed by atoms with Crippen LogP contribution in [-0.2, 0) is 0 Å². The molecule has 0 bridgehead atoms. The molecular weight excluding hydrogens is 299 g/mol. The van der Waals surface area contributed by atoms with Crippen molar-refractivity contribution in [3.8, 4) is 0 Å². The van der Waals surface area contributed by atoms with Gasteiger partial charge in [0.05, 0.1) is 21.0 Å². The van der Waals surface area contributed by atoms with Gasteiger partial charge >= 0.3 is 51.4 Å². The number of nitrogens with zero attached hydrogens (tertiary/aromatic N) is 1. The molecule has 0 saturated heterocycles. The normalized spacial score (nSPS) is 9.43. The largest absolute Gasteiger partial charge is 1.00 e. The van der Waals surface area contributed by atoms with E-state index in [0.29, 0.717) is 0 Å². The predicted molar refractivity (Wildman–Crippen MR) is 48.6 cm³/mol. The third kappa shape index (κ3) is 3.20. The van der Waals surface area contributed by atoms with Gasteiger partial charge in [-0.15, -0.1) is 0 Å². The summed E-state index contributed by atoms with van der Waals surface area (Å²) in [5.41, 5.74) is -0.527. The van der Waals surface area contributed by atoms with Crippen molar-refractivity contribution in [2.24, 2.45) is 0 Å². The van der Waals surface area contributed by atoms with Crippen LogP contribution < -0.4 is 56.5 Å². The van der Waals surface area contributed by atoms with Crippen molar-refractivity contribution in [1.29, 1.82) is 0 Å². The van der Waals surface area contributed by atoms with E-state index in [1.807, 2.05) is 0 Å². The second kappa shape index (κ2) is 6.23. The number of hydrogen-bond donors (Lipinski definition) is 0. The number of aromatic carboxylic acids is 1. The van der Waals surface area contributed by atoms with Gasteiger partial charge in [-0.05, 0) is 0 Å². The van der Waals surface area contributed by atoms with Gasteiger partial charge < -0.3 is 9.90 Å². The first-order valence-electron chi connectivity index (χ1n) is 2.86. The molecule has 1 aromatic rings. The van der Waals surface area contributed by atoms with Gasteiger partial charge in [0.2, 0.25) is 0 Å². The minimum atomic E-state index is -1.56. The van der Waals surface area contributed by atoms with Crippen molar-refractivity contribution in [3.63, 3.8) is 0 Å². The monoisotopic (exact) mass is 297 g/mol. The van der Waals surface area contributed by atoms with Crippen LogP contribution in [0.1, 0.15) is 10.5 Å². The molecule has 1 aromatic heterocycles. The Hall–Kier alpha value is 1.42. The number of carbonyl (C=O) groups excluding carboxylic acids is 1.